The maximum atomic E-state index is 5.28. The highest BCUT2D eigenvalue weighted by Crippen LogP contribution is 2.50. The van der Waals surface area contributed by atoms with Crippen molar-refractivity contribution in [3.63, 3.8) is 0 Å². The van der Waals surface area contributed by atoms with Crippen molar-refractivity contribution in [2.75, 3.05) is 0 Å². The zero-order valence-corrected chi connectivity index (χ0v) is 31.9. The van der Waals surface area contributed by atoms with Crippen LogP contribution >= 0.6 is 11.3 Å². The molecule has 8 aromatic carbocycles. The summed E-state index contributed by atoms with van der Waals surface area (Å²) in [5.74, 6) is 0.720. The molecule has 0 unspecified atom stereocenters. The van der Waals surface area contributed by atoms with Gasteiger partial charge in [0, 0.05) is 42.3 Å². The number of rotatable bonds is 5. The van der Waals surface area contributed by atoms with Gasteiger partial charge in [0.05, 0.1) is 11.4 Å². The monoisotopic (exact) mass is 732 g/mol. The lowest BCUT2D eigenvalue weighted by molar-refractivity contribution is 0.660. The van der Waals surface area contributed by atoms with Crippen molar-refractivity contribution < 1.29 is 0 Å². The summed E-state index contributed by atoms with van der Waals surface area (Å²) in [6.07, 6.45) is 0. The molecule has 1 aliphatic rings. The lowest BCUT2D eigenvalue weighted by atomic mass is 9.81. The molecule has 0 spiro atoms. The standard InChI is InChI=1S/C53H36N2S/c1-53(2)46-24-10-8-20-40(46)41-27-26-35(31-47(41)53)34-16-12-17-36(30-34)37-28-29-42(39-19-7-6-18-38(37)39)48-32-49(55-52(54-48)33-14-4-3-5-15-33)45-23-13-22-44-43-21-9-11-25-50(43)56-51(44)45/h3-32H,1-2H3. The fourth-order valence-electron chi connectivity index (χ4n) is 8.91. The first-order chi connectivity index (χ1) is 27.5. The maximum Gasteiger partial charge on any atom is 0.160 e. The molecule has 11 rings (SSSR count). The summed E-state index contributed by atoms with van der Waals surface area (Å²) in [4.78, 5) is 10.5. The van der Waals surface area contributed by atoms with E-state index in [1.807, 2.05) is 17.4 Å². The molecule has 0 amide bonds. The topological polar surface area (TPSA) is 25.8 Å². The number of fused-ring (bicyclic) bond motifs is 7. The molecule has 2 aromatic heterocycles. The van der Waals surface area contributed by atoms with Crippen molar-refractivity contribution in [1.29, 1.82) is 0 Å². The minimum absolute atomic E-state index is 0.0444. The van der Waals surface area contributed by atoms with E-state index >= 15 is 0 Å². The van der Waals surface area contributed by atoms with E-state index in [2.05, 4.69) is 190 Å². The Morgan fingerprint density at radius 3 is 1.80 bits per heavy atom. The lowest BCUT2D eigenvalue weighted by Gasteiger charge is -2.22. The molecule has 2 nitrogen and oxygen atoms in total. The fraction of sp³-hybridized carbons (Fsp3) is 0.0566. The summed E-state index contributed by atoms with van der Waals surface area (Å²) >= 11 is 1.83. The maximum absolute atomic E-state index is 5.28. The molecule has 10 aromatic rings. The number of hydrogen-bond donors (Lipinski definition) is 0. The van der Waals surface area contributed by atoms with Crippen LogP contribution in [0.2, 0.25) is 0 Å². The van der Waals surface area contributed by atoms with Crippen LogP contribution in [0.4, 0.5) is 0 Å². The normalized spacial score (nSPS) is 13.0. The summed E-state index contributed by atoms with van der Waals surface area (Å²) in [7, 11) is 0. The van der Waals surface area contributed by atoms with E-state index in [0.29, 0.717) is 0 Å². The Hall–Kier alpha value is -6.68. The Morgan fingerprint density at radius 1 is 0.375 bits per heavy atom. The van der Waals surface area contributed by atoms with E-state index in [1.54, 1.807) is 0 Å². The van der Waals surface area contributed by atoms with Crippen molar-refractivity contribution in [2.45, 2.75) is 19.3 Å². The van der Waals surface area contributed by atoms with Crippen LogP contribution in [0.1, 0.15) is 25.0 Å². The van der Waals surface area contributed by atoms with E-state index in [9.17, 15) is 0 Å². The predicted molar refractivity (Wildman–Crippen MR) is 237 cm³/mol. The quantitative estimate of drug-likeness (QED) is 0.176. The van der Waals surface area contributed by atoms with Crippen LogP contribution in [-0.2, 0) is 5.41 Å². The van der Waals surface area contributed by atoms with Gasteiger partial charge in [0.2, 0.25) is 0 Å². The van der Waals surface area contributed by atoms with Gasteiger partial charge < -0.3 is 0 Å². The molecule has 0 saturated heterocycles. The van der Waals surface area contributed by atoms with Crippen LogP contribution in [0.15, 0.2) is 182 Å². The first-order valence-corrected chi connectivity index (χ1v) is 20.1. The van der Waals surface area contributed by atoms with Crippen molar-refractivity contribution >= 4 is 42.3 Å². The Bertz CT molecular complexity index is 3170. The fourth-order valence-corrected chi connectivity index (χ4v) is 10.1. The second-order valence-electron chi connectivity index (χ2n) is 15.3. The Labute approximate surface area is 330 Å². The zero-order chi connectivity index (χ0) is 37.4. The van der Waals surface area contributed by atoms with Crippen LogP contribution in [0, 0.1) is 0 Å². The van der Waals surface area contributed by atoms with Crippen molar-refractivity contribution in [3.05, 3.63) is 193 Å². The largest absolute Gasteiger partial charge is 0.228 e. The first kappa shape index (κ1) is 32.7. The molecule has 0 fully saturated rings. The van der Waals surface area contributed by atoms with Gasteiger partial charge in [-0.15, -0.1) is 11.3 Å². The zero-order valence-electron chi connectivity index (χ0n) is 31.1. The number of nitrogens with zero attached hydrogens (tertiary/aromatic N) is 2. The minimum Gasteiger partial charge on any atom is -0.228 e. The smallest absolute Gasteiger partial charge is 0.160 e. The molecular formula is C53H36N2S. The number of thiophene rings is 1. The molecule has 264 valence electrons. The molecule has 0 atom stereocenters. The third kappa shape index (κ3) is 5.16. The molecule has 0 N–H and O–H groups in total. The molecule has 0 bridgehead atoms. The summed E-state index contributed by atoms with van der Waals surface area (Å²) in [5, 5.41) is 4.90. The SMILES string of the molecule is CC1(C)c2ccccc2-c2ccc(-c3cccc(-c4ccc(-c5cc(-c6cccc7c6sc6ccccc67)nc(-c6ccccc6)n5)c5ccccc45)c3)cc21. The van der Waals surface area contributed by atoms with Gasteiger partial charge in [-0.2, -0.15) is 0 Å². The van der Waals surface area contributed by atoms with Gasteiger partial charge in [0.25, 0.3) is 0 Å². The summed E-state index contributed by atoms with van der Waals surface area (Å²) in [6.45, 7) is 4.69. The minimum atomic E-state index is -0.0444. The van der Waals surface area contributed by atoms with Gasteiger partial charge in [0.1, 0.15) is 0 Å². The van der Waals surface area contributed by atoms with E-state index in [0.717, 1.165) is 39.3 Å². The van der Waals surface area contributed by atoms with Crippen molar-refractivity contribution in [3.8, 4) is 67.3 Å². The highest BCUT2D eigenvalue weighted by atomic mass is 32.1. The second-order valence-corrected chi connectivity index (χ2v) is 16.4. The van der Waals surface area contributed by atoms with Crippen molar-refractivity contribution in [2.24, 2.45) is 0 Å². The number of hydrogen-bond acceptors (Lipinski definition) is 3. The highest BCUT2D eigenvalue weighted by molar-refractivity contribution is 7.26. The molecule has 0 radical (unpaired) electrons. The molecular weight excluding hydrogens is 697 g/mol. The van der Waals surface area contributed by atoms with Crippen LogP contribution in [-0.4, -0.2) is 9.97 Å². The average Bonchev–Trinajstić information content (AvgIpc) is 3.75. The van der Waals surface area contributed by atoms with E-state index in [4.69, 9.17) is 9.97 Å². The molecule has 2 heterocycles. The Morgan fingerprint density at radius 2 is 0.946 bits per heavy atom. The lowest BCUT2D eigenvalue weighted by Crippen LogP contribution is -2.14. The van der Waals surface area contributed by atoms with Crippen LogP contribution in [0.3, 0.4) is 0 Å². The average molecular weight is 733 g/mol. The van der Waals surface area contributed by atoms with Gasteiger partial charge in [-0.25, -0.2) is 9.97 Å². The third-order valence-corrected chi connectivity index (χ3v) is 12.9. The van der Waals surface area contributed by atoms with Gasteiger partial charge in [-0.3, -0.25) is 0 Å². The molecule has 3 heteroatoms. The highest BCUT2D eigenvalue weighted by Gasteiger charge is 2.35. The molecule has 0 saturated carbocycles. The van der Waals surface area contributed by atoms with Gasteiger partial charge in [-0.05, 0) is 79.5 Å². The van der Waals surface area contributed by atoms with Gasteiger partial charge in [0.15, 0.2) is 5.82 Å². The number of aromatic nitrogens is 2. The van der Waals surface area contributed by atoms with E-state index in [-0.39, 0.29) is 5.41 Å². The Balaban J connectivity index is 1.05. The third-order valence-electron chi connectivity index (χ3n) is 11.7. The summed E-state index contributed by atoms with van der Waals surface area (Å²) in [5.41, 5.74) is 15.3. The molecule has 1 aliphatic carbocycles. The number of benzene rings is 8. The van der Waals surface area contributed by atoms with Gasteiger partial charge in [-0.1, -0.05) is 172 Å². The second kappa shape index (κ2) is 12.7. The van der Waals surface area contributed by atoms with Crippen LogP contribution < -0.4 is 0 Å². The Kier molecular flexibility index (Phi) is 7.42. The first-order valence-electron chi connectivity index (χ1n) is 19.2. The predicted octanol–water partition coefficient (Wildman–Crippen LogP) is 14.6. The molecule has 0 aliphatic heterocycles. The summed E-state index contributed by atoms with van der Waals surface area (Å²) in [6, 6.07) is 65.9. The van der Waals surface area contributed by atoms with Gasteiger partial charge >= 0.3 is 0 Å². The van der Waals surface area contributed by atoms with Crippen molar-refractivity contribution in [1.82, 2.24) is 9.97 Å². The van der Waals surface area contributed by atoms with E-state index < -0.39 is 0 Å². The van der Waals surface area contributed by atoms with Crippen LogP contribution in [0.5, 0.6) is 0 Å². The van der Waals surface area contributed by atoms with E-state index in [1.165, 1.54) is 70.1 Å². The van der Waals surface area contributed by atoms with Crippen LogP contribution in [0.25, 0.3) is 98.2 Å². The summed E-state index contributed by atoms with van der Waals surface area (Å²) < 4.78 is 2.53. The molecule has 56 heavy (non-hydrogen) atoms.